The van der Waals surface area contributed by atoms with E-state index in [1.165, 1.54) is 35.4 Å². The van der Waals surface area contributed by atoms with Gasteiger partial charge in [-0.2, -0.15) is 0 Å². The van der Waals surface area contributed by atoms with Gasteiger partial charge in [0.05, 0.1) is 13.2 Å². The average Bonchev–Trinajstić information content (AvgIpc) is 2.71. The topological polar surface area (TPSA) is 176 Å². The number of aromatic hydroxyl groups is 1. The number of carbonyl (C=O) groups excluding carboxylic acids is 2. The summed E-state index contributed by atoms with van der Waals surface area (Å²) in [5.41, 5.74) is 7.05. The average molecular weight is 482 g/mol. The van der Waals surface area contributed by atoms with Crippen molar-refractivity contribution in [1.82, 2.24) is 14.9 Å². The van der Waals surface area contributed by atoms with Crippen LogP contribution in [-0.2, 0) is 20.4 Å². The van der Waals surface area contributed by atoms with Gasteiger partial charge in [-0.25, -0.2) is 14.5 Å². The van der Waals surface area contributed by atoms with Crippen molar-refractivity contribution in [3.05, 3.63) is 58.0 Å². The second-order valence-corrected chi connectivity index (χ2v) is 8.89. The summed E-state index contributed by atoms with van der Waals surface area (Å²) in [5, 5.41) is 9.01. The van der Waals surface area contributed by atoms with Crippen molar-refractivity contribution in [2.75, 3.05) is 12.3 Å². The van der Waals surface area contributed by atoms with Crippen LogP contribution in [0, 0.1) is 6.92 Å². The van der Waals surface area contributed by atoms with E-state index >= 15 is 0 Å². The molecular formula is C19H23N4O7PS. The van der Waals surface area contributed by atoms with Crippen LogP contribution in [0.25, 0.3) is 0 Å². The molecule has 2 rings (SSSR count). The number of rotatable bonds is 10. The first-order valence-electron chi connectivity index (χ1n) is 9.21. The monoisotopic (exact) mass is 482 g/mol. The third kappa shape index (κ3) is 7.74. The summed E-state index contributed by atoms with van der Waals surface area (Å²) in [4.78, 5) is 52.1. The molecule has 2 aromatic rings. The first-order valence-corrected chi connectivity index (χ1v) is 11.6. The number of amides is 1. The molecule has 0 atom stereocenters. The number of phenols is 1. The predicted octanol–water partition coefficient (Wildman–Crippen LogP) is 2.34. The van der Waals surface area contributed by atoms with Gasteiger partial charge in [0.1, 0.15) is 17.4 Å². The van der Waals surface area contributed by atoms with E-state index in [4.69, 9.17) is 15.5 Å². The molecule has 5 N–H and O–H groups in total. The molecule has 1 aromatic carbocycles. The normalized spacial score (nSPS) is 12.2. The number of nitrogens with two attached hydrogens (primary N) is 1. The highest BCUT2D eigenvalue weighted by Crippen LogP contribution is 2.37. The molecule has 32 heavy (non-hydrogen) atoms. The van der Waals surface area contributed by atoms with E-state index in [-0.39, 0.29) is 36.3 Å². The fourth-order valence-electron chi connectivity index (χ4n) is 2.54. The molecule has 1 amide bonds. The lowest BCUT2D eigenvalue weighted by Crippen LogP contribution is -2.22. The number of phosphoric acid groups is 1. The summed E-state index contributed by atoms with van der Waals surface area (Å²) < 4.78 is 15.5. The van der Waals surface area contributed by atoms with Crippen LogP contribution in [0.1, 0.15) is 35.1 Å². The van der Waals surface area contributed by atoms with Crippen molar-refractivity contribution in [3.8, 4) is 5.75 Å². The van der Waals surface area contributed by atoms with E-state index in [0.29, 0.717) is 34.0 Å². The van der Waals surface area contributed by atoms with E-state index < -0.39 is 7.82 Å². The summed E-state index contributed by atoms with van der Waals surface area (Å²) in [6, 6.07) is 5.59. The van der Waals surface area contributed by atoms with Gasteiger partial charge in [0.15, 0.2) is 0 Å². The summed E-state index contributed by atoms with van der Waals surface area (Å²) in [5.74, 6) is 0.677. The lowest BCUT2D eigenvalue weighted by molar-refractivity contribution is -0.116. The molecule has 0 unspecified atom stereocenters. The SMILES string of the molecule is CC(=C(CCOP(=O)(O)O)SC(=O)c1ccc(O)cc1)N(C=O)Cc1cnc(C)nc1N. The number of phenolic OH excluding ortho intramolecular Hbond substituents is 1. The van der Waals surface area contributed by atoms with Crippen LogP contribution >= 0.6 is 19.6 Å². The molecule has 1 aromatic heterocycles. The minimum Gasteiger partial charge on any atom is -0.508 e. The number of carbonyl (C=O) groups is 2. The number of nitrogen functional groups attached to an aromatic ring is 1. The molecule has 172 valence electrons. The van der Waals surface area contributed by atoms with Crippen LogP contribution in [0.5, 0.6) is 5.75 Å². The first-order chi connectivity index (χ1) is 15.0. The highest BCUT2D eigenvalue weighted by atomic mass is 32.2. The quantitative estimate of drug-likeness (QED) is 0.289. The van der Waals surface area contributed by atoms with Crippen molar-refractivity contribution in [2.45, 2.75) is 26.8 Å². The highest BCUT2D eigenvalue weighted by molar-refractivity contribution is 8.17. The molecule has 0 saturated heterocycles. The Balaban J connectivity index is 2.31. The first kappa shape index (κ1) is 25.5. The molecule has 13 heteroatoms. The van der Waals surface area contributed by atoms with Gasteiger partial charge < -0.3 is 25.5 Å². The van der Waals surface area contributed by atoms with E-state index in [9.17, 15) is 19.3 Å². The third-order valence-electron chi connectivity index (χ3n) is 4.23. The molecule has 1 heterocycles. The number of thioether (sulfide) groups is 1. The number of hydrogen-bond acceptors (Lipinski definition) is 9. The molecule has 0 saturated carbocycles. The molecule has 0 fully saturated rings. The van der Waals surface area contributed by atoms with E-state index in [0.717, 1.165) is 11.8 Å². The van der Waals surface area contributed by atoms with Gasteiger partial charge in [-0.15, -0.1) is 0 Å². The summed E-state index contributed by atoms with van der Waals surface area (Å²) >= 11 is 0.786. The zero-order chi connectivity index (χ0) is 23.9. The molecular weight excluding hydrogens is 459 g/mol. The number of anilines is 1. The number of aromatic nitrogens is 2. The molecule has 0 aliphatic carbocycles. The van der Waals surface area contributed by atoms with Crippen molar-refractivity contribution in [2.24, 2.45) is 0 Å². The van der Waals surface area contributed by atoms with Crippen LogP contribution in [0.15, 0.2) is 41.1 Å². The molecule has 0 spiro atoms. The van der Waals surface area contributed by atoms with E-state index in [1.54, 1.807) is 13.8 Å². The molecule has 11 nitrogen and oxygen atoms in total. The second-order valence-electron chi connectivity index (χ2n) is 6.58. The minimum absolute atomic E-state index is 0.00132. The van der Waals surface area contributed by atoms with Crippen molar-refractivity contribution >= 4 is 36.9 Å². The van der Waals surface area contributed by atoms with Gasteiger partial charge in [-0.05, 0) is 49.9 Å². The zero-order valence-corrected chi connectivity index (χ0v) is 19.0. The minimum atomic E-state index is -4.71. The Morgan fingerprint density at radius 3 is 2.53 bits per heavy atom. The predicted molar refractivity (Wildman–Crippen MR) is 118 cm³/mol. The zero-order valence-electron chi connectivity index (χ0n) is 17.3. The van der Waals surface area contributed by atoms with Gasteiger partial charge in [-0.3, -0.25) is 14.1 Å². The second kappa shape index (κ2) is 11.2. The Labute approximate surface area is 188 Å². The van der Waals surface area contributed by atoms with Crippen LogP contribution in [0.2, 0.25) is 0 Å². The molecule has 0 aliphatic rings. The van der Waals surface area contributed by atoms with Crippen LogP contribution in [0.3, 0.4) is 0 Å². The van der Waals surface area contributed by atoms with Crippen LogP contribution in [-0.4, -0.2) is 47.9 Å². The Morgan fingerprint density at radius 1 is 1.31 bits per heavy atom. The van der Waals surface area contributed by atoms with E-state index in [2.05, 4.69) is 14.5 Å². The standard InChI is InChI=1S/C19H23N4O7PS/c1-12(23(11-24)10-15-9-21-13(2)22-18(15)20)17(7-8-30-31(27,28)29)32-19(26)14-3-5-16(25)6-4-14/h3-6,9,11,25H,7-8,10H2,1-2H3,(H2,20,21,22)(H2,27,28,29). The summed E-state index contributed by atoms with van der Waals surface area (Å²) in [7, 11) is -4.71. The number of hydrogen-bond donors (Lipinski definition) is 4. The van der Waals surface area contributed by atoms with Crippen LogP contribution in [0.4, 0.5) is 5.82 Å². The van der Waals surface area contributed by atoms with Crippen molar-refractivity contribution in [1.29, 1.82) is 0 Å². The number of phosphoric ester groups is 1. The Morgan fingerprint density at radius 2 is 1.97 bits per heavy atom. The smallest absolute Gasteiger partial charge is 0.469 e. The fraction of sp³-hybridized carbons (Fsp3) is 0.263. The van der Waals surface area contributed by atoms with Crippen molar-refractivity contribution in [3.63, 3.8) is 0 Å². The van der Waals surface area contributed by atoms with Gasteiger partial charge in [0.25, 0.3) is 0 Å². The van der Waals surface area contributed by atoms with Crippen molar-refractivity contribution < 1.29 is 33.6 Å². The van der Waals surface area contributed by atoms with Gasteiger partial charge >= 0.3 is 7.82 Å². The maximum absolute atomic E-state index is 12.7. The highest BCUT2D eigenvalue weighted by Gasteiger charge is 2.20. The summed E-state index contributed by atoms with van der Waals surface area (Å²) in [6.45, 7) is 2.91. The van der Waals surface area contributed by atoms with Gasteiger partial charge in [0, 0.05) is 34.3 Å². The van der Waals surface area contributed by atoms with E-state index in [1.807, 2.05) is 0 Å². The Kier molecular flexibility index (Phi) is 8.93. The van der Waals surface area contributed by atoms with Gasteiger partial charge in [0.2, 0.25) is 11.5 Å². The molecule has 0 radical (unpaired) electrons. The Bertz CT molecular complexity index is 1060. The lowest BCUT2D eigenvalue weighted by Gasteiger charge is -2.22. The number of aryl methyl sites for hydroxylation is 1. The van der Waals surface area contributed by atoms with Gasteiger partial charge in [-0.1, -0.05) is 0 Å². The lowest BCUT2D eigenvalue weighted by atomic mass is 10.2. The third-order valence-corrected chi connectivity index (χ3v) is 5.91. The van der Waals surface area contributed by atoms with Crippen LogP contribution < -0.4 is 5.73 Å². The number of allylic oxidation sites excluding steroid dienone is 1. The molecule has 0 bridgehead atoms. The maximum Gasteiger partial charge on any atom is 0.469 e. The Hall–Kier alpha value is -2.76. The summed E-state index contributed by atoms with van der Waals surface area (Å²) in [6.07, 6.45) is 1.99. The largest absolute Gasteiger partial charge is 0.508 e. The molecule has 0 aliphatic heterocycles. The number of benzene rings is 1. The fourth-order valence-corrected chi connectivity index (χ4v) is 3.80. The number of nitrogens with zero attached hydrogens (tertiary/aromatic N) is 3. The maximum atomic E-state index is 12.7.